The van der Waals surface area contributed by atoms with Gasteiger partial charge in [-0.1, -0.05) is 13.8 Å². The smallest absolute Gasteiger partial charge is 0.142 e. The van der Waals surface area contributed by atoms with Crippen molar-refractivity contribution >= 4 is 5.78 Å². The second-order valence-corrected chi connectivity index (χ2v) is 12.7. The lowest BCUT2D eigenvalue weighted by Crippen LogP contribution is -2.57. The topological polar surface area (TPSA) is 83.2 Å². The van der Waals surface area contributed by atoms with Crippen LogP contribution >= 0.6 is 0 Å². The minimum absolute atomic E-state index is 0.0956. The summed E-state index contributed by atoms with van der Waals surface area (Å²) in [5, 5.41) is 20.2. The number of hydrogen-bond donors (Lipinski definition) is 1. The van der Waals surface area contributed by atoms with Crippen molar-refractivity contribution < 1.29 is 14.6 Å². The van der Waals surface area contributed by atoms with E-state index in [-0.39, 0.29) is 11.3 Å². The van der Waals surface area contributed by atoms with E-state index in [0.29, 0.717) is 60.1 Å². The van der Waals surface area contributed by atoms with Crippen molar-refractivity contribution in [2.45, 2.75) is 90.6 Å². The average molecular weight is 479 g/mol. The van der Waals surface area contributed by atoms with Crippen LogP contribution < -0.4 is 0 Å². The van der Waals surface area contributed by atoms with Crippen LogP contribution in [0.15, 0.2) is 18.3 Å². The second kappa shape index (κ2) is 9.27. The first-order valence-corrected chi connectivity index (χ1v) is 13.9. The van der Waals surface area contributed by atoms with Crippen molar-refractivity contribution in [1.29, 1.82) is 5.26 Å². The molecule has 5 nitrogen and oxygen atoms in total. The zero-order chi connectivity index (χ0) is 24.8. The van der Waals surface area contributed by atoms with Crippen LogP contribution in [0.4, 0.5) is 0 Å². The standard InChI is InChI=1S/C30H42N2O3/c1-4-35-19-30(34)14-13-28(2)21(16-30)6-8-23-24-9-10-26(29(24,3)12-11-25(23)28)27(33)15-22-7-5-20(17-31)18-32-22/h5,7,18,21,23-26,34H,4,6,8-16,19H2,1-3H3/t21-,23+,24+,25+,26-,28+,29+,30-/m1/s1. The third-order valence-electron chi connectivity index (χ3n) is 11.1. The number of Topliss-reactive ketones (excluding diaryl/α,β-unsaturated/α-hetero) is 1. The van der Waals surface area contributed by atoms with Crippen molar-refractivity contribution in [3.05, 3.63) is 29.6 Å². The molecule has 0 radical (unpaired) electrons. The molecule has 1 aromatic rings. The van der Waals surface area contributed by atoms with Crippen molar-refractivity contribution in [2.75, 3.05) is 13.2 Å². The van der Waals surface area contributed by atoms with Gasteiger partial charge in [-0.25, -0.2) is 0 Å². The molecule has 1 heterocycles. The van der Waals surface area contributed by atoms with E-state index in [1.807, 2.05) is 13.0 Å². The third-order valence-corrected chi connectivity index (χ3v) is 11.1. The van der Waals surface area contributed by atoms with Crippen LogP contribution in [0, 0.1) is 51.8 Å². The Balaban J connectivity index is 1.29. The number of nitriles is 1. The van der Waals surface area contributed by atoms with Gasteiger partial charge in [0.05, 0.1) is 17.8 Å². The Morgan fingerprint density at radius 1 is 1.11 bits per heavy atom. The molecule has 4 saturated carbocycles. The van der Waals surface area contributed by atoms with E-state index >= 15 is 0 Å². The zero-order valence-corrected chi connectivity index (χ0v) is 21.8. The average Bonchev–Trinajstić information content (AvgIpc) is 3.21. The van der Waals surface area contributed by atoms with Crippen molar-refractivity contribution in [3.63, 3.8) is 0 Å². The van der Waals surface area contributed by atoms with E-state index in [4.69, 9.17) is 10.00 Å². The number of hydrogen-bond acceptors (Lipinski definition) is 5. The number of carbonyl (C=O) groups is 1. The summed E-state index contributed by atoms with van der Waals surface area (Å²) in [6.07, 6.45) is 11.8. The van der Waals surface area contributed by atoms with Crippen molar-refractivity contribution in [1.82, 2.24) is 4.98 Å². The maximum Gasteiger partial charge on any atom is 0.142 e. The molecule has 0 aliphatic heterocycles. The number of aromatic nitrogens is 1. The quantitative estimate of drug-likeness (QED) is 0.584. The molecule has 1 aromatic heterocycles. The van der Waals surface area contributed by atoms with E-state index in [9.17, 15) is 9.90 Å². The maximum absolute atomic E-state index is 13.5. The van der Waals surface area contributed by atoms with Gasteiger partial charge in [0.15, 0.2) is 0 Å². The lowest BCUT2D eigenvalue weighted by Gasteiger charge is -2.62. The summed E-state index contributed by atoms with van der Waals surface area (Å²) < 4.78 is 5.65. The zero-order valence-electron chi connectivity index (χ0n) is 21.8. The Morgan fingerprint density at radius 2 is 1.91 bits per heavy atom. The van der Waals surface area contributed by atoms with Gasteiger partial charge in [0.25, 0.3) is 0 Å². The minimum atomic E-state index is -0.652. The Kier molecular flexibility index (Phi) is 6.60. The fraction of sp³-hybridized carbons (Fsp3) is 0.767. The number of aliphatic hydroxyl groups is 1. The summed E-state index contributed by atoms with van der Waals surface area (Å²) in [6, 6.07) is 5.70. The van der Waals surface area contributed by atoms with Gasteiger partial charge in [-0.2, -0.15) is 5.26 Å². The molecule has 0 spiro atoms. The van der Waals surface area contributed by atoms with Crippen LogP contribution in [0.3, 0.4) is 0 Å². The molecular weight excluding hydrogens is 436 g/mol. The van der Waals surface area contributed by atoms with Gasteiger partial charge in [0.1, 0.15) is 11.9 Å². The van der Waals surface area contributed by atoms with Gasteiger partial charge < -0.3 is 9.84 Å². The van der Waals surface area contributed by atoms with Crippen LogP contribution in [0.25, 0.3) is 0 Å². The predicted molar refractivity (Wildman–Crippen MR) is 134 cm³/mol. The molecule has 0 aromatic carbocycles. The summed E-state index contributed by atoms with van der Waals surface area (Å²) in [7, 11) is 0. The van der Waals surface area contributed by atoms with Gasteiger partial charge >= 0.3 is 0 Å². The highest BCUT2D eigenvalue weighted by Gasteiger charge is 2.62. The fourth-order valence-electron chi connectivity index (χ4n) is 9.17. The Morgan fingerprint density at radius 3 is 2.63 bits per heavy atom. The number of rotatable bonds is 6. The highest BCUT2D eigenvalue weighted by Crippen LogP contribution is 2.68. The number of carbonyl (C=O) groups excluding carboxylic acids is 1. The molecule has 0 saturated heterocycles. The molecule has 4 aliphatic carbocycles. The molecule has 4 fully saturated rings. The minimum Gasteiger partial charge on any atom is -0.387 e. The first-order chi connectivity index (χ1) is 16.7. The summed E-state index contributed by atoms with van der Waals surface area (Å²) in [5.41, 5.74) is 1.07. The van der Waals surface area contributed by atoms with E-state index in [2.05, 4.69) is 24.9 Å². The van der Waals surface area contributed by atoms with E-state index < -0.39 is 5.60 Å². The summed E-state index contributed by atoms with van der Waals surface area (Å²) in [4.78, 5) is 17.9. The van der Waals surface area contributed by atoms with Gasteiger partial charge in [0.2, 0.25) is 0 Å². The lowest BCUT2D eigenvalue weighted by molar-refractivity contribution is -0.166. The highest BCUT2D eigenvalue weighted by molar-refractivity contribution is 5.84. The molecule has 190 valence electrons. The summed E-state index contributed by atoms with van der Waals surface area (Å²) in [6.45, 7) is 8.07. The molecule has 0 amide bonds. The molecule has 35 heavy (non-hydrogen) atoms. The number of pyridine rings is 1. The largest absolute Gasteiger partial charge is 0.387 e. The van der Waals surface area contributed by atoms with Gasteiger partial charge in [-0.15, -0.1) is 0 Å². The van der Waals surface area contributed by atoms with Crippen LogP contribution in [-0.2, 0) is 16.0 Å². The van der Waals surface area contributed by atoms with Crippen LogP contribution in [0.1, 0.15) is 89.8 Å². The van der Waals surface area contributed by atoms with Gasteiger partial charge in [0, 0.05) is 30.8 Å². The van der Waals surface area contributed by atoms with Gasteiger partial charge in [-0.05, 0) is 111 Å². The first kappa shape index (κ1) is 24.9. The van der Waals surface area contributed by atoms with Crippen LogP contribution in [-0.4, -0.2) is 34.7 Å². The van der Waals surface area contributed by atoms with Crippen LogP contribution in [0.2, 0.25) is 0 Å². The maximum atomic E-state index is 13.5. The highest BCUT2D eigenvalue weighted by atomic mass is 16.5. The normalized spacial score (nSPS) is 42.4. The molecule has 5 rings (SSSR count). The van der Waals surface area contributed by atoms with E-state index in [0.717, 1.165) is 37.8 Å². The molecule has 4 aliphatic rings. The SMILES string of the molecule is CCOC[C@@]1(O)CC[C@@]2(C)[C@H](CC[C@@H]3[C@@H]2CC[C@]2(C)[C@@H](C(=O)Cc4ccc(C#N)cn4)CC[C@@H]32)C1. The number of ether oxygens (including phenoxy) is 1. The van der Waals surface area contributed by atoms with E-state index in [1.165, 1.54) is 25.7 Å². The molecule has 0 unspecified atom stereocenters. The van der Waals surface area contributed by atoms with Gasteiger partial charge in [-0.3, -0.25) is 9.78 Å². The lowest BCUT2D eigenvalue weighted by atomic mass is 9.44. The molecule has 5 heteroatoms. The Bertz CT molecular complexity index is 986. The third kappa shape index (κ3) is 4.25. The van der Waals surface area contributed by atoms with Crippen LogP contribution in [0.5, 0.6) is 0 Å². The second-order valence-electron chi connectivity index (χ2n) is 12.7. The first-order valence-electron chi connectivity index (χ1n) is 13.9. The summed E-state index contributed by atoms with van der Waals surface area (Å²) in [5.74, 6) is 3.09. The Labute approximate surface area is 210 Å². The van der Waals surface area contributed by atoms with E-state index in [1.54, 1.807) is 12.3 Å². The number of fused-ring (bicyclic) bond motifs is 5. The summed E-state index contributed by atoms with van der Waals surface area (Å²) >= 11 is 0. The fourth-order valence-corrected chi connectivity index (χ4v) is 9.17. The molecular formula is C30H42N2O3. The molecule has 0 bridgehead atoms. The molecule has 8 atom stereocenters. The predicted octanol–water partition coefficient (Wildman–Crippen LogP) is 5.49. The number of ketones is 1. The Hall–Kier alpha value is -1.77. The van der Waals surface area contributed by atoms with Crippen molar-refractivity contribution in [3.8, 4) is 6.07 Å². The number of nitrogens with zero attached hydrogens (tertiary/aromatic N) is 2. The molecule has 1 N–H and O–H groups in total. The monoisotopic (exact) mass is 478 g/mol. The van der Waals surface area contributed by atoms with Crippen molar-refractivity contribution in [2.24, 2.45) is 40.4 Å².